The zero-order valence-electron chi connectivity index (χ0n) is 12.3. The predicted molar refractivity (Wildman–Crippen MR) is 81.9 cm³/mol. The zero-order chi connectivity index (χ0) is 13.7. The molecule has 2 rings (SSSR count). The van der Waals surface area contributed by atoms with E-state index in [1.165, 1.54) is 5.56 Å². The molecule has 2 atom stereocenters. The molecular weight excluding hydrogens is 256 g/mol. The molecule has 0 radical (unpaired) electrons. The summed E-state index contributed by atoms with van der Waals surface area (Å²) in [5.41, 5.74) is 1.45. The summed E-state index contributed by atoms with van der Waals surface area (Å²) in [6.45, 7) is 7.51. The first-order chi connectivity index (χ1) is 9.20. The van der Waals surface area contributed by atoms with Crippen LogP contribution in [0.1, 0.15) is 25.8 Å². The molecule has 0 spiro atoms. The fourth-order valence-electron chi connectivity index (χ4n) is 2.68. The van der Waals surface area contributed by atoms with E-state index in [4.69, 9.17) is 4.74 Å². The minimum atomic E-state index is 0.319. The maximum Gasteiger partial charge on any atom is 0.0855 e. The lowest BCUT2D eigenvalue weighted by Gasteiger charge is -2.39. The summed E-state index contributed by atoms with van der Waals surface area (Å²) in [5, 5.41) is 7.84. The first kappa shape index (κ1) is 15.0. The molecule has 0 aliphatic carbocycles. The quantitative estimate of drug-likeness (QED) is 0.867. The number of nitrogens with one attached hydrogen (secondary N) is 1. The molecule has 4 heteroatoms. The summed E-state index contributed by atoms with van der Waals surface area (Å²) in [4.78, 5) is 2.52. The van der Waals surface area contributed by atoms with Crippen LogP contribution in [0.3, 0.4) is 0 Å². The van der Waals surface area contributed by atoms with Crippen molar-refractivity contribution < 1.29 is 4.74 Å². The molecule has 1 aliphatic rings. The second-order valence-corrected chi connectivity index (χ2v) is 6.34. The van der Waals surface area contributed by atoms with Gasteiger partial charge < -0.3 is 10.1 Å². The monoisotopic (exact) mass is 282 g/mol. The lowest BCUT2D eigenvalue weighted by molar-refractivity contribution is -0.0553. The SMILES string of the molecule is CNC(CCc1ccsc1)C1CN(C(C)C)CCO1. The number of aryl methyl sites for hydroxylation is 1. The van der Waals surface area contributed by atoms with Crippen molar-refractivity contribution in [2.45, 2.75) is 44.9 Å². The molecule has 0 aromatic carbocycles. The summed E-state index contributed by atoms with van der Waals surface area (Å²) in [7, 11) is 2.05. The van der Waals surface area contributed by atoms with Crippen LogP contribution in [-0.4, -0.2) is 49.8 Å². The van der Waals surface area contributed by atoms with E-state index in [1.807, 2.05) is 0 Å². The third-order valence-corrected chi connectivity index (χ3v) is 4.73. The predicted octanol–water partition coefficient (Wildman–Crippen LogP) is 2.38. The molecule has 0 amide bonds. The molecule has 2 heterocycles. The second kappa shape index (κ2) is 7.39. The number of hydrogen-bond acceptors (Lipinski definition) is 4. The highest BCUT2D eigenvalue weighted by atomic mass is 32.1. The molecule has 0 saturated carbocycles. The third kappa shape index (κ3) is 4.28. The Kier molecular flexibility index (Phi) is 5.82. The van der Waals surface area contributed by atoms with Crippen molar-refractivity contribution in [2.24, 2.45) is 0 Å². The molecule has 1 N–H and O–H groups in total. The second-order valence-electron chi connectivity index (χ2n) is 5.56. The first-order valence-electron chi connectivity index (χ1n) is 7.24. The number of rotatable bonds is 6. The van der Waals surface area contributed by atoms with Crippen molar-refractivity contribution in [1.82, 2.24) is 10.2 Å². The highest BCUT2D eigenvalue weighted by Gasteiger charge is 2.28. The van der Waals surface area contributed by atoms with E-state index >= 15 is 0 Å². The number of thiophene rings is 1. The van der Waals surface area contributed by atoms with Crippen LogP contribution in [0.4, 0.5) is 0 Å². The Balaban J connectivity index is 1.86. The van der Waals surface area contributed by atoms with Gasteiger partial charge in [0.05, 0.1) is 12.7 Å². The molecule has 1 aromatic rings. The third-order valence-electron chi connectivity index (χ3n) is 4.00. The molecular formula is C15H26N2OS. The Bertz CT molecular complexity index is 353. The Morgan fingerprint density at radius 1 is 1.53 bits per heavy atom. The van der Waals surface area contributed by atoms with Gasteiger partial charge in [0, 0.05) is 25.2 Å². The number of nitrogens with zero attached hydrogens (tertiary/aromatic N) is 1. The maximum absolute atomic E-state index is 5.98. The van der Waals surface area contributed by atoms with E-state index in [0.29, 0.717) is 18.2 Å². The minimum absolute atomic E-state index is 0.319. The number of ether oxygens (including phenoxy) is 1. The molecule has 108 valence electrons. The summed E-state index contributed by atoms with van der Waals surface area (Å²) < 4.78 is 5.98. The zero-order valence-corrected chi connectivity index (χ0v) is 13.1. The van der Waals surface area contributed by atoms with Gasteiger partial charge in [-0.2, -0.15) is 11.3 Å². The number of likely N-dealkylation sites (N-methyl/N-ethyl adjacent to an activating group) is 1. The van der Waals surface area contributed by atoms with Gasteiger partial charge in [0.1, 0.15) is 0 Å². The van der Waals surface area contributed by atoms with Gasteiger partial charge in [0.25, 0.3) is 0 Å². The maximum atomic E-state index is 5.98. The highest BCUT2D eigenvalue weighted by molar-refractivity contribution is 7.07. The Morgan fingerprint density at radius 3 is 3.00 bits per heavy atom. The molecule has 1 aromatic heterocycles. The molecule has 2 unspecified atom stereocenters. The summed E-state index contributed by atoms with van der Waals surface area (Å²) in [6.07, 6.45) is 2.60. The van der Waals surface area contributed by atoms with E-state index in [1.54, 1.807) is 11.3 Å². The largest absolute Gasteiger partial charge is 0.374 e. The van der Waals surface area contributed by atoms with Crippen LogP contribution in [0.2, 0.25) is 0 Å². The average molecular weight is 282 g/mol. The fraction of sp³-hybridized carbons (Fsp3) is 0.733. The smallest absolute Gasteiger partial charge is 0.0855 e. The van der Waals surface area contributed by atoms with Gasteiger partial charge in [-0.15, -0.1) is 0 Å². The number of hydrogen-bond donors (Lipinski definition) is 1. The number of morpholine rings is 1. The van der Waals surface area contributed by atoms with Crippen molar-refractivity contribution >= 4 is 11.3 Å². The van der Waals surface area contributed by atoms with Crippen molar-refractivity contribution in [2.75, 3.05) is 26.7 Å². The van der Waals surface area contributed by atoms with E-state index in [9.17, 15) is 0 Å². The Labute approximate surface area is 121 Å². The lowest BCUT2D eigenvalue weighted by atomic mass is 10.0. The molecule has 1 aliphatic heterocycles. The Hall–Kier alpha value is -0.420. The highest BCUT2D eigenvalue weighted by Crippen LogP contribution is 2.16. The van der Waals surface area contributed by atoms with E-state index in [2.05, 4.69) is 47.9 Å². The van der Waals surface area contributed by atoms with Crippen molar-refractivity contribution in [3.63, 3.8) is 0 Å². The van der Waals surface area contributed by atoms with Crippen molar-refractivity contribution in [3.05, 3.63) is 22.4 Å². The van der Waals surface area contributed by atoms with Crippen LogP contribution in [0.25, 0.3) is 0 Å². The normalized spacial score (nSPS) is 22.8. The fourth-order valence-corrected chi connectivity index (χ4v) is 3.39. The van der Waals surface area contributed by atoms with Crippen LogP contribution in [0.5, 0.6) is 0 Å². The van der Waals surface area contributed by atoms with Crippen molar-refractivity contribution in [1.29, 1.82) is 0 Å². The van der Waals surface area contributed by atoms with Crippen LogP contribution in [-0.2, 0) is 11.2 Å². The van der Waals surface area contributed by atoms with Crippen molar-refractivity contribution in [3.8, 4) is 0 Å². The molecule has 1 fully saturated rings. The van der Waals surface area contributed by atoms with E-state index < -0.39 is 0 Å². The Morgan fingerprint density at radius 2 is 2.37 bits per heavy atom. The van der Waals surface area contributed by atoms with Gasteiger partial charge in [0.15, 0.2) is 0 Å². The molecule has 1 saturated heterocycles. The van der Waals surface area contributed by atoms with Crippen LogP contribution in [0.15, 0.2) is 16.8 Å². The minimum Gasteiger partial charge on any atom is -0.374 e. The average Bonchev–Trinajstić information content (AvgIpc) is 2.93. The summed E-state index contributed by atoms with van der Waals surface area (Å²) >= 11 is 1.78. The van der Waals surface area contributed by atoms with Gasteiger partial charge in [0.2, 0.25) is 0 Å². The molecule has 0 bridgehead atoms. The lowest BCUT2D eigenvalue weighted by Crippen LogP contribution is -2.53. The molecule has 19 heavy (non-hydrogen) atoms. The van der Waals surface area contributed by atoms with E-state index in [0.717, 1.165) is 32.5 Å². The van der Waals surface area contributed by atoms with E-state index in [-0.39, 0.29) is 0 Å². The van der Waals surface area contributed by atoms with Gasteiger partial charge in [-0.1, -0.05) is 0 Å². The summed E-state index contributed by atoms with van der Waals surface area (Å²) in [5.74, 6) is 0. The van der Waals surface area contributed by atoms with Gasteiger partial charge >= 0.3 is 0 Å². The first-order valence-corrected chi connectivity index (χ1v) is 8.19. The van der Waals surface area contributed by atoms with Crippen LogP contribution < -0.4 is 5.32 Å². The standard InChI is InChI=1S/C15H26N2OS/c1-12(2)17-7-8-18-15(10-17)14(16-3)5-4-13-6-9-19-11-13/h6,9,11-12,14-16H,4-5,7-8,10H2,1-3H3. The van der Waals surface area contributed by atoms with Gasteiger partial charge in [-0.05, 0) is 56.1 Å². The summed E-state index contributed by atoms with van der Waals surface area (Å²) in [6, 6.07) is 3.28. The topological polar surface area (TPSA) is 24.5 Å². The van der Waals surface area contributed by atoms with Crippen LogP contribution >= 0.6 is 11.3 Å². The van der Waals surface area contributed by atoms with Crippen LogP contribution in [0, 0.1) is 0 Å². The van der Waals surface area contributed by atoms with Gasteiger partial charge in [-0.3, -0.25) is 4.90 Å². The van der Waals surface area contributed by atoms with Gasteiger partial charge in [-0.25, -0.2) is 0 Å². The molecule has 3 nitrogen and oxygen atoms in total.